The van der Waals surface area contributed by atoms with Crippen molar-refractivity contribution in [1.82, 2.24) is 5.32 Å². The molecule has 0 unspecified atom stereocenters. The molecular formula is C25H48NNaO3. The van der Waals surface area contributed by atoms with Crippen LogP contribution in [0.5, 0.6) is 0 Å². The summed E-state index contributed by atoms with van der Waals surface area (Å²) in [5, 5.41) is 13.0. The Morgan fingerprint density at radius 1 is 0.633 bits per heavy atom. The standard InChI is InChI=1S/C25H49NO3.Na/c1-3-4-5-6-7-8-9-10-11-12-13-14-15-16-17-18-19-20-21-22-24(27)26-23(2)25(28)29;/h23H,3-22H2,1-2H3,(H,26,27)(H,28,29);/q;+1/p-1/t23-;/m0./s1. The van der Waals surface area contributed by atoms with Gasteiger partial charge in [-0.05, 0) is 13.3 Å². The molecule has 30 heavy (non-hydrogen) atoms. The van der Waals surface area contributed by atoms with Crippen LogP contribution in [0.4, 0.5) is 0 Å². The van der Waals surface area contributed by atoms with Crippen molar-refractivity contribution in [2.24, 2.45) is 0 Å². The van der Waals surface area contributed by atoms with Gasteiger partial charge in [-0.3, -0.25) is 4.79 Å². The molecule has 0 rings (SSSR count). The van der Waals surface area contributed by atoms with Gasteiger partial charge in [0.1, 0.15) is 0 Å². The van der Waals surface area contributed by atoms with Crippen molar-refractivity contribution >= 4 is 11.9 Å². The third-order valence-electron chi connectivity index (χ3n) is 5.74. The zero-order chi connectivity index (χ0) is 21.6. The normalized spacial score (nSPS) is 11.7. The van der Waals surface area contributed by atoms with E-state index in [1.165, 1.54) is 116 Å². The summed E-state index contributed by atoms with van der Waals surface area (Å²) in [6, 6.07) is -0.900. The van der Waals surface area contributed by atoms with Gasteiger partial charge in [0.05, 0.1) is 12.0 Å². The molecule has 0 radical (unpaired) electrons. The monoisotopic (exact) mass is 433 g/mol. The topological polar surface area (TPSA) is 69.2 Å². The van der Waals surface area contributed by atoms with Crippen molar-refractivity contribution < 1.29 is 44.3 Å². The first-order chi connectivity index (χ1) is 14.1. The number of carbonyl (C=O) groups excluding carboxylic acids is 2. The van der Waals surface area contributed by atoms with Crippen LogP contribution in [0.2, 0.25) is 0 Å². The van der Waals surface area contributed by atoms with Gasteiger partial charge in [0.15, 0.2) is 0 Å². The molecule has 172 valence electrons. The molecule has 0 saturated heterocycles. The maximum atomic E-state index is 11.5. The minimum absolute atomic E-state index is 0. The molecule has 0 aliphatic rings. The summed E-state index contributed by atoms with van der Waals surface area (Å²) in [4.78, 5) is 22.1. The summed E-state index contributed by atoms with van der Waals surface area (Å²) in [5.41, 5.74) is 0. The summed E-state index contributed by atoms with van der Waals surface area (Å²) in [7, 11) is 0. The van der Waals surface area contributed by atoms with Crippen molar-refractivity contribution in [3.05, 3.63) is 0 Å². The third kappa shape index (κ3) is 24.2. The molecule has 1 amide bonds. The van der Waals surface area contributed by atoms with E-state index >= 15 is 0 Å². The first-order valence-electron chi connectivity index (χ1n) is 12.6. The smallest absolute Gasteiger partial charge is 0.548 e. The Labute approximate surface area is 209 Å². The van der Waals surface area contributed by atoms with Crippen molar-refractivity contribution in [2.75, 3.05) is 0 Å². The molecule has 0 aromatic carbocycles. The predicted octanol–water partition coefficient (Wildman–Crippen LogP) is 3.07. The maximum absolute atomic E-state index is 11.5. The molecule has 0 aromatic heterocycles. The number of carbonyl (C=O) groups is 2. The van der Waals surface area contributed by atoms with Crippen LogP contribution in [0.3, 0.4) is 0 Å². The van der Waals surface area contributed by atoms with E-state index in [2.05, 4.69) is 12.2 Å². The molecule has 0 aliphatic heterocycles. The molecule has 0 heterocycles. The van der Waals surface area contributed by atoms with Gasteiger partial charge >= 0.3 is 29.6 Å². The summed E-state index contributed by atoms with van der Waals surface area (Å²) < 4.78 is 0. The average molecular weight is 434 g/mol. The van der Waals surface area contributed by atoms with E-state index in [0.717, 1.165) is 12.8 Å². The number of hydrogen-bond donors (Lipinski definition) is 1. The van der Waals surface area contributed by atoms with E-state index in [9.17, 15) is 14.7 Å². The summed E-state index contributed by atoms with van der Waals surface area (Å²) in [5.74, 6) is -1.42. The summed E-state index contributed by atoms with van der Waals surface area (Å²) in [6.07, 6.45) is 25.7. The van der Waals surface area contributed by atoms with Crippen molar-refractivity contribution in [3.8, 4) is 0 Å². The third-order valence-corrected chi connectivity index (χ3v) is 5.74. The maximum Gasteiger partial charge on any atom is 1.00 e. The number of carboxylic acids is 1. The van der Waals surface area contributed by atoms with Gasteiger partial charge in [0.2, 0.25) is 5.91 Å². The minimum Gasteiger partial charge on any atom is -0.548 e. The molecule has 1 atom stereocenters. The van der Waals surface area contributed by atoms with Gasteiger partial charge in [-0.1, -0.05) is 122 Å². The molecule has 0 spiro atoms. The van der Waals surface area contributed by atoms with Crippen LogP contribution in [-0.4, -0.2) is 17.9 Å². The van der Waals surface area contributed by atoms with Gasteiger partial charge in [0, 0.05) is 6.42 Å². The van der Waals surface area contributed by atoms with E-state index < -0.39 is 12.0 Å². The number of carboxylic acid groups (broad SMARTS) is 1. The van der Waals surface area contributed by atoms with Gasteiger partial charge < -0.3 is 15.2 Å². The van der Waals surface area contributed by atoms with Gasteiger partial charge in [0.25, 0.3) is 0 Å². The van der Waals surface area contributed by atoms with E-state index in [-0.39, 0.29) is 35.5 Å². The van der Waals surface area contributed by atoms with Gasteiger partial charge in [-0.15, -0.1) is 0 Å². The Balaban J connectivity index is 0. The van der Waals surface area contributed by atoms with Crippen molar-refractivity contribution in [3.63, 3.8) is 0 Å². The molecule has 0 bridgehead atoms. The van der Waals surface area contributed by atoms with Crippen LogP contribution < -0.4 is 40.0 Å². The van der Waals surface area contributed by atoms with E-state index in [4.69, 9.17) is 0 Å². The van der Waals surface area contributed by atoms with Crippen LogP contribution in [-0.2, 0) is 9.59 Å². The summed E-state index contributed by atoms with van der Waals surface area (Å²) >= 11 is 0. The zero-order valence-corrected chi connectivity index (χ0v) is 22.4. The zero-order valence-electron chi connectivity index (χ0n) is 20.4. The van der Waals surface area contributed by atoms with Gasteiger partial charge in [-0.2, -0.15) is 0 Å². The molecule has 5 heteroatoms. The molecule has 0 aromatic rings. The van der Waals surface area contributed by atoms with E-state index in [0.29, 0.717) is 6.42 Å². The Kier molecular flexibility index (Phi) is 27.0. The summed E-state index contributed by atoms with van der Waals surface area (Å²) in [6.45, 7) is 3.71. The number of nitrogens with one attached hydrogen (secondary N) is 1. The quantitative estimate of drug-likeness (QED) is 0.211. The Bertz CT molecular complexity index is 391. The number of unbranched alkanes of at least 4 members (excludes halogenated alkanes) is 18. The number of rotatable bonds is 22. The number of hydrogen-bond acceptors (Lipinski definition) is 3. The second-order valence-corrected chi connectivity index (χ2v) is 8.72. The minimum atomic E-state index is -1.23. The fourth-order valence-electron chi connectivity index (χ4n) is 3.74. The van der Waals surface area contributed by atoms with E-state index in [1.807, 2.05) is 0 Å². The molecule has 0 saturated carbocycles. The first kappa shape index (κ1) is 32.1. The Hall–Kier alpha value is -0.0600. The molecule has 0 fully saturated rings. The number of aliphatic carboxylic acids is 1. The van der Waals surface area contributed by atoms with E-state index in [1.54, 1.807) is 0 Å². The molecular weight excluding hydrogens is 385 g/mol. The van der Waals surface area contributed by atoms with Crippen molar-refractivity contribution in [1.29, 1.82) is 0 Å². The predicted molar refractivity (Wildman–Crippen MR) is 121 cm³/mol. The number of amides is 1. The van der Waals surface area contributed by atoms with Crippen molar-refractivity contribution in [2.45, 2.75) is 148 Å². The van der Waals surface area contributed by atoms with Gasteiger partial charge in [-0.25, -0.2) is 0 Å². The second-order valence-electron chi connectivity index (χ2n) is 8.72. The fourth-order valence-corrected chi connectivity index (χ4v) is 3.74. The second kappa shape index (κ2) is 25.2. The Morgan fingerprint density at radius 2 is 0.933 bits per heavy atom. The SMILES string of the molecule is CCCCCCCCCCCCCCCCCCCCCC(=O)N[C@@H](C)C(=O)[O-].[Na+]. The van der Waals surface area contributed by atoms with Crippen LogP contribution >= 0.6 is 0 Å². The average Bonchev–Trinajstić information content (AvgIpc) is 2.69. The van der Waals surface area contributed by atoms with Crippen LogP contribution in [0.25, 0.3) is 0 Å². The molecule has 0 aliphatic carbocycles. The molecule has 4 nitrogen and oxygen atoms in total. The Morgan fingerprint density at radius 3 is 1.23 bits per heavy atom. The van der Waals surface area contributed by atoms with Crippen LogP contribution in [0, 0.1) is 0 Å². The fraction of sp³-hybridized carbons (Fsp3) is 0.920. The largest absolute Gasteiger partial charge is 1.00 e. The van der Waals surface area contributed by atoms with Crippen LogP contribution in [0.15, 0.2) is 0 Å². The first-order valence-corrected chi connectivity index (χ1v) is 12.6. The molecule has 1 N–H and O–H groups in total. The van der Waals surface area contributed by atoms with Crippen LogP contribution in [0.1, 0.15) is 142 Å².